The first-order valence-corrected chi connectivity index (χ1v) is 4.91. The van der Waals surface area contributed by atoms with Crippen molar-refractivity contribution in [3.63, 3.8) is 0 Å². The van der Waals surface area contributed by atoms with Crippen LogP contribution >= 0.6 is 0 Å². The molecule has 1 saturated carbocycles. The predicted molar refractivity (Wildman–Crippen MR) is 46.5 cm³/mol. The Hall–Kier alpha value is -0.0400. The average Bonchev–Trinajstić information content (AvgIpc) is 2.46. The standard InChI is InChI=1S/C10H18N/c1-8-6-10(7-9(8)2)4-3-5-11-10/h8-9H,3-7H2,1-2H3. The Kier molecular flexibility index (Phi) is 1.71. The van der Waals surface area contributed by atoms with Gasteiger partial charge >= 0.3 is 0 Å². The van der Waals surface area contributed by atoms with Crippen molar-refractivity contribution in [2.45, 2.75) is 45.1 Å². The van der Waals surface area contributed by atoms with Crippen molar-refractivity contribution in [2.24, 2.45) is 11.8 Å². The lowest BCUT2D eigenvalue weighted by atomic mass is 9.94. The number of hydrogen-bond donors (Lipinski definition) is 0. The molecule has 0 amide bonds. The molecule has 0 bridgehead atoms. The second-order valence-electron chi connectivity index (χ2n) is 4.57. The summed E-state index contributed by atoms with van der Waals surface area (Å²) in [5.74, 6) is 1.83. The van der Waals surface area contributed by atoms with E-state index in [1.54, 1.807) is 0 Å². The maximum Gasteiger partial charge on any atom is 0.0362 e. The molecule has 1 aliphatic heterocycles. The van der Waals surface area contributed by atoms with Gasteiger partial charge in [-0.05, 0) is 37.5 Å². The van der Waals surface area contributed by atoms with Crippen molar-refractivity contribution in [1.29, 1.82) is 0 Å². The van der Waals surface area contributed by atoms with Gasteiger partial charge in [-0.25, -0.2) is 5.32 Å². The van der Waals surface area contributed by atoms with E-state index in [1.807, 2.05) is 0 Å². The molecule has 2 fully saturated rings. The number of rotatable bonds is 0. The van der Waals surface area contributed by atoms with E-state index >= 15 is 0 Å². The van der Waals surface area contributed by atoms with Crippen molar-refractivity contribution in [3.8, 4) is 0 Å². The zero-order valence-corrected chi connectivity index (χ0v) is 7.64. The summed E-state index contributed by atoms with van der Waals surface area (Å²) in [6, 6.07) is 0. The average molecular weight is 152 g/mol. The summed E-state index contributed by atoms with van der Waals surface area (Å²) >= 11 is 0. The molecule has 1 aliphatic carbocycles. The lowest BCUT2D eigenvalue weighted by Crippen LogP contribution is -2.30. The molecule has 2 unspecified atom stereocenters. The fourth-order valence-corrected chi connectivity index (χ4v) is 2.82. The van der Waals surface area contributed by atoms with Gasteiger partial charge in [0.1, 0.15) is 0 Å². The van der Waals surface area contributed by atoms with Crippen LogP contribution in [0, 0.1) is 11.8 Å². The molecular formula is C10H18N. The molecule has 0 aromatic rings. The second kappa shape index (κ2) is 2.48. The minimum atomic E-state index is 0.457. The van der Waals surface area contributed by atoms with Gasteiger partial charge in [0.15, 0.2) is 0 Å². The fourth-order valence-electron chi connectivity index (χ4n) is 2.82. The van der Waals surface area contributed by atoms with Crippen LogP contribution in [0.15, 0.2) is 0 Å². The van der Waals surface area contributed by atoms with Crippen molar-refractivity contribution >= 4 is 0 Å². The van der Waals surface area contributed by atoms with E-state index in [-0.39, 0.29) is 0 Å². The van der Waals surface area contributed by atoms with Gasteiger partial charge in [-0.15, -0.1) is 0 Å². The first-order chi connectivity index (χ1) is 5.22. The first-order valence-electron chi connectivity index (χ1n) is 4.91. The highest BCUT2D eigenvalue weighted by Crippen LogP contribution is 2.44. The Bertz CT molecular complexity index is 135. The molecule has 1 heterocycles. The third-order valence-corrected chi connectivity index (χ3v) is 3.62. The van der Waals surface area contributed by atoms with Gasteiger partial charge in [0, 0.05) is 12.1 Å². The summed E-state index contributed by atoms with van der Waals surface area (Å²) in [6.45, 7) is 5.90. The molecule has 63 valence electrons. The van der Waals surface area contributed by atoms with Crippen LogP contribution in [0.4, 0.5) is 0 Å². The van der Waals surface area contributed by atoms with Crippen LogP contribution in [0.2, 0.25) is 0 Å². The molecule has 1 spiro atoms. The Labute approximate surface area is 69.6 Å². The van der Waals surface area contributed by atoms with Crippen LogP contribution in [0.3, 0.4) is 0 Å². The monoisotopic (exact) mass is 152 g/mol. The van der Waals surface area contributed by atoms with E-state index in [9.17, 15) is 0 Å². The van der Waals surface area contributed by atoms with Gasteiger partial charge in [0.25, 0.3) is 0 Å². The molecule has 2 aliphatic rings. The molecule has 2 rings (SSSR count). The highest BCUT2D eigenvalue weighted by Gasteiger charge is 2.43. The van der Waals surface area contributed by atoms with E-state index < -0.39 is 0 Å². The van der Waals surface area contributed by atoms with E-state index in [4.69, 9.17) is 5.32 Å². The molecular weight excluding hydrogens is 134 g/mol. The van der Waals surface area contributed by atoms with Gasteiger partial charge in [-0.3, -0.25) is 0 Å². The molecule has 1 radical (unpaired) electrons. The van der Waals surface area contributed by atoms with Crippen molar-refractivity contribution in [1.82, 2.24) is 5.32 Å². The highest BCUT2D eigenvalue weighted by atomic mass is 15.0. The number of nitrogens with zero attached hydrogens (tertiary/aromatic N) is 1. The van der Waals surface area contributed by atoms with Crippen LogP contribution in [-0.4, -0.2) is 12.1 Å². The largest absolute Gasteiger partial charge is 0.235 e. The summed E-state index contributed by atoms with van der Waals surface area (Å²) in [4.78, 5) is 0. The Morgan fingerprint density at radius 1 is 1.18 bits per heavy atom. The Balaban J connectivity index is 2.06. The predicted octanol–water partition coefficient (Wildman–Crippen LogP) is 2.19. The second-order valence-corrected chi connectivity index (χ2v) is 4.57. The quantitative estimate of drug-likeness (QED) is 0.505. The Morgan fingerprint density at radius 2 is 1.82 bits per heavy atom. The van der Waals surface area contributed by atoms with Gasteiger partial charge in [-0.1, -0.05) is 13.8 Å². The lowest BCUT2D eigenvalue weighted by molar-refractivity contribution is 0.364. The van der Waals surface area contributed by atoms with Gasteiger partial charge < -0.3 is 0 Å². The third kappa shape index (κ3) is 1.20. The minimum Gasteiger partial charge on any atom is -0.235 e. The lowest BCUT2D eigenvalue weighted by Gasteiger charge is -2.21. The first kappa shape index (κ1) is 7.60. The molecule has 1 heteroatoms. The summed E-state index contributed by atoms with van der Waals surface area (Å²) in [6.07, 6.45) is 5.46. The van der Waals surface area contributed by atoms with E-state index in [0.717, 1.165) is 18.4 Å². The van der Waals surface area contributed by atoms with Crippen LogP contribution in [0.25, 0.3) is 0 Å². The van der Waals surface area contributed by atoms with Crippen molar-refractivity contribution < 1.29 is 0 Å². The zero-order chi connectivity index (χ0) is 7.90. The van der Waals surface area contributed by atoms with Crippen LogP contribution in [0.5, 0.6) is 0 Å². The zero-order valence-electron chi connectivity index (χ0n) is 7.64. The maximum absolute atomic E-state index is 4.77. The van der Waals surface area contributed by atoms with Crippen LogP contribution in [0.1, 0.15) is 39.5 Å². The molecule has 0 N–H and O–H groups in total. The molecule has 1 saturated heterocycles. The van der Waals surface area contributed by atoms with Gasteiger partial charge in [-0.2, -0.15) is 0 Å². The molecule has 2 atom stereocenters. The molecule has 11 heavy (non-hydrogen) atoms. The third-order valence-electron chi connectivity index (χ3n) is 3.62. The van der Waals surface area contributed by atoms with Crippen molar-refractivity contribution in [2.75, 3.05) is 6.54 Å². The summed E-state index contributed by atoms with van der Waals surface area (Å²) in [5.41, 5.74) is 0.457. The topological polar surface area (TPSA) is 14.1 Å². The number of hydrogen-bond acceptors (Lipinski definition) is 0. The molecule has 0 aromatic heterocycles. The minimum absolute atomic E-state index is 0.457. The summed E-state index contributed by atoms with van der Waals surface area (Å²) < 4.78 is 0. The summed E-state index contributed by atoms with van der Waals surface area (Å²) in [7, 11) is 0. The normalized spacial score (nSPS) is 50.7. The van der Waals surface area contributed by atoms with E-state index in [0.29, 0.717) is 5.54 Å². The fraction of sp³-hybridized carbons (Fsp3) is 1.00. The molecule has 1 nitrogen and oxygen atoms in total. The van der Waals surface area contributed by atoms with Gasteiger partial charge in [0.2, 0.25) is 0 Å². The van der Waals surface area contributed by atoms with Gasteiger partial charge in [0.05, 0.1) is 0 Å². The van der Waals surface area contributed by atoms with Crippen LogP contribution < -0.4 is 5.32 Å². The smallest absolute Gasteiger partial charge is 0.0362 e. The van der Waals surface area contributed by atoms with E-state index in [2.05, 4.69) is 13.8 Å². The SMILES string of the molecule is CC1CC2(CCC[N]2)CC1C. The van der Waals surface area contributed by atoms with Crippen LogP contribution in [-0.2, 0) is 0 Å². The summed E-state index contributed by atoms with van der Waals surface area (Å²) in [5, 5.41) is 4.77. The Morgan fingerprint density at radius 3 is 2.27 bits per heavy atom. The van der Waals surface area contributed by atoms with E-state index in [1.165, 1.54) is 25.7 Å². The van der Waals surface area contributed by atoms with Crippen molar-refractivity contribution in [3.05, 3.63) is 0 Å². The molecule has 0 aromatic carbocycles. The highest BCUT2D eigenvalue weighted by molar-refractivity contribution is 5.00. The maximum atomic E-state index is 4.77.